The lowest BCUT2D eigenvalue weighted by atomic mass is 10.2. The Morgan fingerprint density at radius 1 is 1.12 bits per heavy atom. The summed E-state index contributed by atoms with van der Waals surface area (Å²) in [5, 5.41) is 6.45. The van der Waals surface area contributed by atoms with E-state index in [2.05, 4.69) is 22.1 Å². The highest BCUT2D eigenvalue weighted by Crippen LogP contribution is 2.23. The SMILES string of the molecule is CCCCOc1ccccc1C=CC(=O)Nc1ccc(S(=O)(=O)Nc2onc(C)c2C)cc1. The number of anilines is 2. The van der Waals surface area contributed by atoms with Crippen LogP contribution in [0.2, 0.25) is 0 Å². The van der Waals surface area contributed by atoms with Crippen LogP contribution < -0.4 is 14.8 Å². The van der Waals surface area contributed by atoms with Gasteiger partial charge in [0.05, 0.1) is 17.2 Å². The van der Waals surface area contributed by atoms with Gasteiger partial charge >= 0.3 is 0 Å². The normalized spacial score (nSPS) is 11.5. The average Bonchev–Trinajstić information content (AvgIpc) is 3.10. The number of aryl methyl sites for hydroxylation is 1. The molecule has 0 unspecified atom stereocenters. The first kappa shape index (κ1) is 24.1. The van der Waals surface area contributed by atoms with Gasteiger partial charge in [0, 0.05) is 22.9 Å². The lowest BCUT2D eigenvalue weighted by Crippen LogP contribution is -2.13. The molecule has 3 aromatic rings. The molecule has 0 saturated carbocycles. The highest BCUT2D eigenvalue weighted by atomic mass is 32.2. The summed E-state index contributed by atoms with van der Waals surface area (Å²) >= 11 is 0. The van der Waals surface area contributed by atoms with Crippen LogP contribution in [0.3, 0.4) is 0 Å². The van der Waals surface area contributed by atoms with E-state index in [1.807, 2.05) is 24.3 Å². The molecule has 0 radical (unpaired) electrons. The zero-order chi connectivity index (χ0) is 23.8. The maximum Gasteiger partial charge on any atom is 0.264 e. The molecule has 0 spiro atoms. The summed E-state index contributed by atoms with van der Waals surface area (Å²) in [5.41, 5.74) is 2.48. The van der Waals surface area contributed by atoms with Crippen LogP contribution in [0.1, 0.15) is 36.6 Å². The minimum atomic E-state index is -3.85. The van der Waals surface area contributed by atoms with Gasteiger partial charge in [0.1, 0.15) is 5.75 Å². The molecule has 0 fully saturated rings. The second-order valence-corrected chi connectivity index (χ2v) is 9.10. The van der Waals surface area contributed by atoms with Crippen LogP contribution in [0.5, 0.6) is 5.75 Å². The molecule has 33 heavy (non-hydrogen) atoms. The van der Waals surface area contributed by atoms with Crippen molar-refractivity contribution in [1.29, 1.82) is 0 Å². The number of hydrogen-bond acceptors (Lipinski definition) is 6. The van der Waals surface area contributed by atoms with Crippen molar-refractivity contribution in [3.05, 3.63) is 71.4 Å². The van der Waals surface area contributed by atoms with E-state index in [9.17, 15) is 13.2 Å². The first-order chi connectivity index (χ1) is 15.8. The highest BCUT2D eigenvalue weighted by molar-refractivity contribution is 7.92. The van der Waals surface area contributed by atoms with E-state index in [1.165, 1.54) is 30.3 Å². The number of unbranched alkanes of at least 4 members (excludes halogenated alkanes) is 1. The maximum atomic E-state index is 12.6. The van der Waals surface area contributed by atoms with E-state index in [4.69, 9.17) is 9.26 Å². The molecule has 3 rings (SSSR count). The zero-order valence-electron chi connectivity index (χ0n) is 18.8. The fourth-order valence-electron chi connectivity index (χ4n) is 2.83. The molecule has 0 atom stereocenters. The third-order valence-electron chi connectivity index (χ3n) is 4.91. The second kappa shape index (κ2) is 10.8. The van der Waals surface area contributed by atoms with E-state index in [0.717, 1.165) is 18.4 Å². The van der Waals surface area contributed by atoms with Gasteiger partial charge in [-0.3, -0.25) is 4.79 Å². The van der Waals surface area contributed by atoms with Gasteiger partial charge in [0.25, 0.3) is 10.0 Å². The fourth-order valence-corrected chi connectivity index (χ4v) is 3.88. The van der Waals surface area contributed by atoms with Crippen molar-refractivity contribution in [2.75, 3.05) is 16.6 Å². The van der Waals surface area contributed by atoms with Crippen LogP contribution in [0.25, 0.3) is 6.08 Å². The number of carbonyl (C=O) groups excluding carboxylic acids is 1. The number of hydrogen-bond donors (Lipinski definition) is 2. The van der Waals surface area contributed by atoms with Crippen molar-refractivity contribution >= 4 is 33.6 Å². The molecule has 2 N–H and O–H groups in total. The summed E-state index contributed by atoms with van der Waals surface area (Å²) in [6.07, 6.45) is 5.08. The molecule has 1 aromatic heterocycles. The maximum absolute atomic E-state index is 12.6. The molecule has 0 saturated heterocycles. The first-order valence-corrected chi connectivity index (χ1v) is 12.0. The van der Waals surface area contributed by atoms with Gasteiger partial charge in [-0.15, -0.1) is 0 Å². The number of ether oxygens (including phenoxy) is 1. The molecule has 9 heteroatoms. The third-order valence-corrected chi connectivity index (χ3v) is 6.25. The Labute approximate surface area is 193 Å². The van der Waals surface area contributed by atoms with E-state index >= 15 is 0 Å². The summed E-state index contributed by atoms with van der Waals surface area (Å²) in [6.45, 7) is 6.15. The van der Waals surface area contributed by atoms with Crippen LogP contribution in [0, 0.1) is 13.8 Å². The quantitative estimate of drug-likeness (QED) is 0.322. The van der Waals surface area contributed by atoms with Crippen LogP contribution in [-0.2, 0) is 14.8 Å². The number of amides is 1. The Kier molecular flexibility index (Phi) is 7.89. The summed E-state index contributed by atoms with van der Waals surface area (Å²) in [6, 6.07) is 13.3. The number of benzene rings is 2. The molecule has 1 heterocycles. The summed E-state index contributed by atoms with van der Waals surface area (Å²) in [7, 11) is -3.85. The van der Waals surface area contributed by atoms with Crippen molar-refractivity contribution in [3.63, 3.8) is 0 Å². The zero-order valence-corrected chi connectivity index (χ0v) is 19.6. The van der Waals surface area contributed by atoms with Crippen LogP contribution in [-0.4, -0.2) is 26.1 Å². The Morgan fingerprint density at radius 3 is 2.52 bits per heavy atom. The van der Waals surface area contributed by atoms with Crippen LogP contribution >= 0.6 is 0 Å². The van der Waals surface area contributed by atoms with Crippen molar-refractivity contribution in [2.45, 2.75) is 38.5 Å². The Hall–Kier alpha value is -3.59. The molecular weight excluding hydrogens is 442 g/mol. The summed E-state index contributed by atoms with van der Waals surface area (Å²) < 4.78 is 38.3. The number of rotatable bonds is 10. The van der Waals surface area contributed by atoms with E-state index in [-0.39, 0.29) is 16.7 Å². The Bertz CT molecular complexity index is 1230. The van der Waals surface area contributed by atoms with E-state index in [1.54, 1.807) is 19.9 Å². The van der Waals surface area contributed by atoms with Crippen molar-refractivity contribution < 1.29 is 22.5 Å². The van der Waals surface area contributed by atoms with Crippen molar-refractivity contribution in [1.82, 2.24) is 5.16 Å². The molecule has 2 aromatic carbocycles. The van der Waals surface area contributed by atoms with Crippen molar-refractivity contribution in [3.8, 4) is 5.75 Å². The van der Waals surface area contributed by atoms with Gasteiger partial charge < -0.3 is 14.6 Å². The van der Waals surface area contributed by atoms with Gasteiger partial charge in [-0.2, -0.15) is 0 Å². The third kappa shape index (κ3) is 6.45. The minimum absolute atomic E-state index is 0.0302. The molecule has 0 aliphatic heterocycles. The lowest BCUT2D eigenvalue weighted by Gasteiger charge is -2.09. The summed E-state index contributed by atoms with van der Waals surface area (Å²) in [4.78, 5) is 12.4. The number of aromatic nitrogens is 1. The molecule has 0 bridgehead atoms. The van der Waals surface area contributed by atoms with Gasteiger partial charge in [-0.25, -0.2) is 13.1 Å². The highest BCUT2D eigenvalue weighted by Gasteiger charge is 2.19. The minimum Gasteiger partial charge on any atom is -0.493 e. The fraction of sp³-hybridized carbons (Fsp3) is 0.250. The number of para-hydroxylation sites is 1. The average molecular weight is 470 g/mol. The number of sulfonamides is 1. The van der Waals surface area contributed by atoms with Gasteiger partial charge in [0.2, 0.25) is 11.8 Å². The van der Waals surface area contributed by atoms with Crippen molar-refractivity contribution in [2.24, 2.45) is 0 Å². The molecule has 1 amide bonds. The van der Waals surface area contributed by atoms with E-state index in [0.29, 0.717) is 29.3 Å². The van der Waals surface area contributed by atoms with Crippen LogP contribution in [0.15, 0.2) is 64.0 Å². The van der Waals surface area contributed by atoms with E-state index < -0.39 is 10.0 Å². The predicted molar refractivity (Wildman–Crippen MR) is 128 cm³/mol. The lowest BCUT2D eigenvalue weighted by molar-refractivity contribution is -0.111. The molecule has 8 nitrogen and oxygen atoms in total. The topological polar surface area (TPSA) is 111 Å². The number of carbonyl (C=O) groups is 1. The van der Waals surface area contributed by atoms with Gasteiger partial charge in [-0.05, 0) is 56.7 Å². The number of nitrogens with zero attached hydrogens (tertiary/aromatic N) is 1. The van der Waals surface area contributed by atoms with Gasteiger partial charge in [0.15, 0.2) is 0 Å². The number of nitrogens with one attached hydrogen (secondary N) is 2. The molecular formula is C24H27N3O5S. The Balaban J connectivity index is 1.63. The first-order valence-electron chi connectivity index (χ1n) is 10.6. The van der Waals surface area contributed by atoms with Crippen LogP contribution in [0.4, 0.5) is 11.6 Å². The van der Waals surface area contributed by atoms with Gasteiger partial charge in [-0.1, -0.05) is 36.7 Å². The largest absolute Gasteiger partial charge is 0.493 e. The molecule has 0 aliphatic carbocycles. The smallest absolute Gasteiger partial charge is 0.264 e. The monoisotopic (exact) mass is 469 g/mol. The second-order valence-electron chi connectivity index (χ2n) is 7.41. The Morgan fingerprint density at radius 2 is 1.85 bits per heavy atom. The summed E-state index contributed by atoms with van der Waals surface area (Å²) in [5.74, 6) is 0.447. The standard InChI is InChI=1S/C24H27N3O5S/c1-4-5-16-31-22-9-7-6-8-19(22)10-15-23(28)25-20-11-13-21(14-12-20)33(29,30)27-24-17(2)18(3)26-32-24/h6-15,27H,4-5,16H2,1-3H3,(H,25,28). The molecule has 0 aliphatic rings. The predicted octanol–water partition coefficient (Wildman–Crippen LogP) is 4.92. The molecule has 174 valence electrons.